The molecule has 48 heavy (non-hydrogen) atoms. The summed E-state index contributed by atoms with van der Waals surface area (Å²) in [7, 11) is -2.03. The highest BCUT2D eigenvalue weighted by molar-refractivity contribution is 7.19. The summed E-state index contributed by atoms with van der Waals surface area (Å²) in [5, 5.41) is 6.74. The van der Waals surface area contributed by atoms with Crippen molar-refractivity contribution in [1.29, 1.82) is 0 Å². The number of fused-ring (bicyclic) bond motifs is 4. The molecular formula is C42H46N2S3Si. The van der Waals surface area contributed by atoms with Gasteiger partial charge in [0.25, 0.3) is 0 Å². The van der Waals surface area contributed by atoms with Gasteiger partial charge in [0, 0.05) is 31.6 Å². The summed E-state index contributed by atoms with van der Waals surface area (Å²) >= 11 is 4.90. The lowest BCUT2D eigenvalue weighted by Crippen LogP contribution is -2.55. The lowest BCUT2D eigenvalue weighted by Gasteiger charge is -2.31. The van der Waals surface area contributed by atoms with E-state index in [1.807, 2.05) is 17.4 Å². The number of unbranched alkanes of at least 4 members (excludes halogenated alkanes) is 10. The van der Waals surface area contributed by atoms with Gasteiger partial charge in [-0.2, -0.15) is 8.75 Å². The molecule has 0 spiro atoms. The van der Waals surface area contributed by atoms with Crippen molar-refractivity contribution in [2.24, 2.45) is 0 Å². The number of aromatic nitrogens is 2. The van der Waals surface area contributed by atoms with E-state index in [0.717, 1.165) is 16.6 Å². The van der Waals surface area contributed by atoms with Gasteiger partial charge in [-0.1, -0.05) is 139 Å². The second kappa shape index (κ2) is 15.8. The first kappa shape index (κ1) is 33.6. The van der Waals surface area contributed by atoms with E-state index in [4.69, 9.17) is 0 Å². The summed E-state index contributed by atoms with van der Waals surface area (Å²) in [5.41, 5.74) is 8.75. The van der Waals surface area contributed by atoms with Crippen molar-refractivity contribution < 1.29 is 0 Å². The molecular weight excluding hydrogens is 657 g/mol. The quantitative estimate of drug-likeness (QED) is 0.0698. The summed E-state index contributed by atoms with van der Waals surface area (Å²) in [4.78, 5) is 3.93. The highest BCUT2D eigenvalue weighted by Gasteiger charge is 2.44. The molecule has 0 aliphatic carbocycles. The molecule has 7 rings (SSSR count). The highest BCUT2D eigenvalue weighted by atomic mass is 32.1. The van der Waals surface area contributed by atoms with Gasteiger partial charge in [-0.05, 0) is 69.0 Å². The van der Waals surface area contributed by atoms with Crippen molar-refractivity contribution in [2.75, 3.05) is 0 Å². The third-order valence-electron chi connectivity index (χ3n) is 10.4. The average Bonchev–Trinajstić information content (AvgIpc) is 3.95. The molecule has 0 amide bonds. The molecule has 2 nitrogen and oxygen atoms in total. The summed E-state index contributed by atoms with van der Waals surface area (Å²) in [5.74, 6) is 0. The number of hydrogen-bond acceptors (Lipinski definition) is 5. The highest BCUT2D eigenvalue weighted by Crippen LogP contribution is 2.41. The number of hydrogen-bond donors (Lipinski definition) is 0. The summed E-state index contributed by atoms with van der Waals surface area (Å²) in [6.45, 7) is 4.64. The first-order valence-corrected chi connectivity index (χ1v) is 23.0. The van der Waals surface area contributed by atoms with Crippen molar-refractivity contribution in [3.05, 3.63) is 84.2 Å². The van der Waals surface area contributed by atoms with Gasteiger partial charge in [-0.25, -0.2) is 0 Å². The fourth-order valence-electron chi connectivity index (χ4n) is 7.86. The van der Waals surface area contributed by atoms with Crippen LogP contribution in [0.4, 0.5) is 0 Å². The van der Waals surface area contributed by atoms with Crippen LogP contribution in [0.1, 0.15) is 90.9 Å². The van der Waals surface area contributed by atoms with Gasteiger partial charge in [0.1, 0.15) is 19.1 Å². The second-order valence-corrected chi connectivity index (χ2v) is 20.3. The van der Waals surface area contributed by atoms with E-state index in [2.05, 4.69) is 101 Å². The molecule has 0 saturated heterocycles. The van der Waals surface area contributed by atoms with Crippen molar-refractivity contribution in [1.82, 2.24) is 8.75 Å². The molecule has 3 aromatic heterocycles. The monoisotopic (exact) mass is 702 g/mol. The minimum absolute atomic E-state index is 0.864. The van der Waals surface area contributed by atoms with Crippen LogP contribution in [0.2, 0.25) is 12.1 Å². The number of rotatable bonds is 17. The Balaban J connectivity index is 1.27. The fourth-order valence-corrected chi connectivity index (χ4v) is 15.7. The number of nitrogens with zero attached hydrogens (tertiary/aromatic N) is 2. The average molecular weight is 703 g/mol. The topological polar surface area (TPSA) is 25.8 Å². The van der Waals surface area contributed by atoms with Gasteiger partial charge in [-0.15, -0.1) is 22.7 Å². The Hall–Kier alpha value is -2.90. The molecule has 3 aromatic carbocycles. The second-order valence-electron chi connectivity index (χ2n) is 13.6. The summed E-state index contributed by atoms with van der Waals surface area (Å²) in [6.07, 6.45) is 16.3. The van der Waals surface area contributed by atoms with E-state index in [0.29, 0.717) is 0 Å². The molecule has 6 aromatic rings. The molecule has 1 aliphatic rings. The van der Waals surface area contributed by atoms with Gasteiger partial charge >= 0.3 is 0 Å². The third kappa shape index (κ3) is 6.91. The Bertz CT molecular complexity index is 1920. The van der Waals surface area contributed by atoms with E-state index in [9.17, 15) is 0 Å². The summed E-state index contributed by atoms with van der Waals surface area (Å²) < 4.78 is 9.05. The van der Waals surface area contributed by atoms with Crippen LogP contribution < -0.4 is 10.4 Å². The van der Waals surface area contributed by atoms with Gasteiger partial charge < -0.3 is 0 Å². The largest absolute Gasteiger partial charge is 0.172 e. The van der Waals surface area contributed by atoms with Gasteiger partial charge in [0.05, 0.1) is 11.7 Å². The first-order valence-electron chi connectivity index (χ1n) is 18.2. The lowest BCUT2D eigenvalue weighted by atomic mass is 10.0. The predicted octanol–water partition coefficient (Wildman–Crippen LogP) is 12.7. The maximum absolute atomic E-state index is 4.61. The standard InChI is InChI=1S/C42H46N2S3Si/c1-3-5-7-9-11-13-27-48(28-14-12-10-8-6-4-2)40-29-31(37-19-16-26-45-37)20-22-33(40)34-23-21-32(30-41(34)48)38-24-25-39(46-38)35-17-15-18-36-42(35)44-47-43-36/h15-17,19-25,29-30H,3-14,27-28H2,1-2H3. The molecule has 2 radical (unpaired) electrons. The van der Waals surface area contributed by atoms with Crippen molar-refractivity contribution in [3.63, 3.8) is 0 Å². The Kier molecular flexibility index (Phi) is 11.0. The van der Waals surface area contributed by atoms with Crippen LogP contribution >= 0.6 is 34.4 Å². The van der Waals surface area contributed by atoms with Crippen LogP contribution in [-0.4, -0.2) is 16.8 Å². The Morgan fingerprint density at radius 2 is 1.21 bits per heavy atom. The normalized spacial score (nSPS) is 13.3. The smallest absolute Gasteiger partial charge is 0.119 e. The zero-order valence-corrected chi connectivity index (χ0v) is 31.9. The number of thiophene rings is 2. The zero-order chi connectivity index (χ0) is 32.8. The molecule has 6 heteroatoms. The van der Waals surface area contributed by atoms with Crippen LogP contribution in [0.25, 0.3) is 53.5 Å². The maximum Gasteiger partial charge on any atom is 0.119 e. The van der Waals surface area contributed by atoms with Gasteiger partial charge in [0.2, 0.25) is 0 Å². The van der Waals surface area contributed by atoms with E-state index in [-0.39, 0.29) is 0 Å². The Morgan fingerprint density at radius 3 is 1.85 bits per heavy atom. The lowest BCUT2D eigenvalue weighted by molar-refractivity contribution is 0.616. The van der Waals surface area contributed by atoms with E-state index < -0.39 is 8.07 Å². The molecule has 0 N–H and O–H groups in total. The number of benzene rings is 3. The van der Waals surface area contributed by atoms with Crippen LogP contribution in [0.3, 0.4) is 0 Å². The molecule has 0 fully saturated rings. The van der Waals surface area contributed by atoms with Crippen LogP contribution in [0.5, 0.6) is 0 Å². The minimum atomic E-state index is -2.03. The Labute approximate surface area is 300 Å². The van der Waals surface area contributed by atoms with E-state index in [1.165, 1.54) is 138 Å². The zero-order valence-electron chi connectivity index (χ0n) is 28.4. The van der Waals surface area contributed by atoms with Crippen LogP contribution in [0, 0.1) is 11.4 Å². The van der Waals surface area contributed by atoms with Crippen molar-refractivity contribution in [3.8, 4) is 42.4 Å². The molecule has 0 unspecified atom stereocenters. The Morgan fingerprint density at radius 1 is 0.583 bits per heavy atom. The molecule has 0 saturated carbocycles. The fraction of sp³-hybridized carbons (Fsp3) is 0.381. The van der Waals surface area contributed by atoms with Gasteiger partial charge in [-0.3, -0.25) is 0 Å². The third-order valence-corrected chi connectivity index (χ3v) is 18.2. The van der Waals surface area contributed by atoms with Crippen LogP contribution in [-0.2, 0) is 0 Å². The molecule has 246 valence electrons. The molecule has 4 heterocycles. The first-order chi connectivity index (χ1) is 23.7. The van der Waals surface area contributed by atoms with Crippen LogP contribution in [0.15, 0.2) is 72.8 Å². The van der Waals surface area contributed by atoms with E-state index in [1.54, 1.807) is 21.7 Å². The molecule has 0 bridgehead atoms. The minimum Gasteiger partial charge on any atom is -0.172 e. The van der Waals surface area contributed by atoms with Crippen molar-refractivity contribution >= 4 is 63.9 Å². The maximum atomic E-state index is 4.61. The van der Waals surface area contributed by atoms with Crippen molar-refractivity contribution in [2.45, 2.75) is 103 Å². The van der Waals surface area contributed by atoms with E-state index >= 15 is 0 Å². The molecule has 0 atom stereocenters. The van der Waals surface area contributed by atoms with Gasteiger partial charge in [0.15, 0.2) is 0 Å². The molecule has 1 aliphatic heterocycles. The predicted molar refractivity (Wildman–Crippen MR) is 214 cm³/mol. The summed E-state index contributed by atoms with van der Waals surface area (Å²) in [6, 6.07) is 34.0. The SMILES string of the molecule is CCCCCCCC[Si]1(CCCCCCCC)c2cc(-c3cc[c]s3)ccc2-c2ccc(-c3ccc(-c4cc[c]c5nsnc45)s3)cc21.